The molecule has 1 aliphatic carbocycles. The maximum Gasteiger partial charge on any atom is 0.418 e. The van der Waals surface area contributed by atoms with E-state index in [1.54, 1.807) is 0 Å². The molecule has 1 heterocycles. The number of anilines is 2. The van der Waals surface area contributed by atoms with Gasteiger partial charge in [-0.1, -0.05) is 24.3 Å². The van der Waals surface area contributed by atoms with E-state index < -0.39 is 33.9 Å². The van der Waals surface area contributed by atoms with Gasteiger partial charge in [0.15, 0.2) is 0 Å². The highest BCUT2D eigenvalue weighted by atomic mass is 19.4. The van der Waals surface area contributed by atoms with E-state index in [2.05, 4.69) is 10.6 Å². The molecule has 1 fully saturated rings. The Morgan fingerprint density at radius 1 is 1.03 bits per heavy atom. The van der Waals surface area contributed by atoms with Crippen LogP contribution < -0.4 is 10.6 Å². The van der Waals surface area contributed by atoms with Crippen LogP contribution in [0.2, 0.25) is 0 Å². The molecule has 0 saturated carbocycles. The molecule has 0 radical (unpaired) electrons. The van der Waals surface area contributed by atoms with Crippen molar-refractivity contribution in [2.75, 3.05) is 23.7 Å². The number of nitro benzene ring substituents is 1. The van der Waals surface area contributed by atoms with Gasteiger partial charge in [-0.05, 0) is 37.1 Å². The summed E-state index contributed by atoms with van der Waals surface area (Å²) >= 11 is 0. The highest BCUT2D eigenvalue weighted by molar-refractivity contribution is 6.06. The summed E-state index contributed by atoms with van der Waals surface area (Å²) in [6.45, 7) is 0.0496. The molecule has 36 heavy (non-hydrogen) atoms. The van der Waals surface area contributed by atoms with Crippen LogP contribution >= 0.6 is 0 Å². The van der Waals surface area contributed by atoms with Gasteiger partial charge < -0.3 is 10.6 Å². The third-order valence-corrected chi connectivity index (χ3v) is 6.19. The second-order valence-corrected chi connectivity index (χ2v) is 8.40. The smallest absolute Gasteiger partial charge is 0.378 e. The Bertz CT molecular complexity index is 1230. The van der Waals surface area contributed by atoms with E-state index in [1.807, 2.05) is 12.2 Å². The van der Waals surface area contributed by atoms with Gasteiger partial charge in [-0.25, -0.2) is 0 Å². The molecule has 2 atom stereocenters. The van der Waals surface area contributed by atoms with Crippen LogP contribution in [0.5, 0.6) is 0 Å². The van der Waals surface area contributed by atoms with Crippen molar-refractivity contribution in [3.8, 4) is 0 Å². The Balaban J connectivity index is 1.45. The first-order valence-electron chi connectivity index (χ1n) is 11.1. The minimum absolute atomic E-state index is 0.0122. The fourth-order valence-corrected chi connectivity index (χ4v) is 4.40. The number of fused-ring (bicyclic) bond motifs is 1. The summed E-state index contributed by atoms with van der Waals surface area (Å²) in [5.41, 5.74) is -2.19. The maximum atomic E-state index is 13.2. The number of hydrogen-bond acceptors (Lipinski definition) is 6. The maximum absolute atomic E-state index is 13.2. The molecule has 0 aromatic heterocycles. The summed E-state index contributed by atoms with van der Waals surface area (Å²) in [5, 5.41) is 16.5. The van der Waals surface area contributed by atoms with Crippen molar-refractivity contribution < 1.29 is 32.5 Å². The highest BCUT2D eigenvalue weighted by Gasteiger charge is 2.46. The van der Waals surface area contributed by atoms with Gasteiger partial charge in [-0.3, -0.25) is 29.4 Å². The molecule has 2 N–H and O–H groups in total. The predicted octanol–water partition coefficient (Wildman–Crippen LogP) is 4.23. The number of hydrogen-bond donors (Lipinski definition) is 2. The molecular formula is C24H21F3N4O5. The lowest BCUT2D eigenvalue weighted by molar-refractivity contribution is -0.384. The van der Waals surface area contributed by atoms with Crippen LogP contribution in [0.25, 0.3) is 0 Å². The zero-order valence-corrected chi connectivity index (χ0v) is 18.7. The largest absolute Gasteiger partial charge is 0.418 e. The van der Waals surface area contributed by atoms with E-state index in [9.17, 15) is 37.7 Å². The number of rotatable bonds is 7. The highest BCUT2D eigenvalue weighted by Crippen LogP contribution is 2.36. The third kappa shape index (κ3) is 4.92. The number of imide groups is 1. The van der Waals surface area contributed by atoms with Crippen LogP contribution in [0.1, 0.15) is 28.8 Å². The fraction of sp³-hybridized carbons (Fsp3) is 0.292. The number of likely N-dealkylation sites (tertiary alicyclic amines) is 1. The van der Waals surface area contributed by atoms with Gasteiger partial charge in [0.25, 0.3) is 11.6 Å². The fourth-order valence-electron chi connectivity index (χ4n) is 4.40. The monoisotopic (exact) mass is 502 g/mol. The second kappa shape index (κ2) is 9.80. The molecule has 0 spiro atoms. The summed E-state index contributed by atoms with van der Waals surface area (Å²) in [7, 11) is 0. The zero-order valence-electron chi connectivity index (χ0n) is 18.7. The van der Waals surface area contributed by atoms with E-state index in [-0.39, 0.29) is 48.0 Å². The van der Waals surface area contributed by atoms with Crippen LogP contribution in [0.15, 0.2) is 54.6 Å². The van der Waals surface area contributed by atoms with Crippen molar-refractivity contribution in [3.05, 3.63) is 75.9 Å². The van der Waals surface area contributed by atoms with Crippen molar-refractivity contribution in [2.45, 2.75) is 19.0 Å². The molecule has 2 aromatic rings. The molecule has 4 rings (SSSR count). The lowest BCUT2D eigenvalue weighted by Gasteiger charge is -2.16. The van der Waals surface area contributed by atoms with Gasteiger partial charge >= 0.3 is 6.18 Å². The Morgan fingerprint density at radius 2 is 1.67 bits per heavy atom. The van der Waals surface area contributed by atoms with E-state index in [1.165, 1.54) is 24.3 Å². The first-order valence-corrected chi connectivity index (χ1v) is 11.1. The summed E-state index contributed by atoms with van der Waals surface area (Å²) in [5.74, 6) is -2.24. The van der Waals surface area contributed by atoms with Crippen LogP contribution in [0.4, 0.5) is 30.2 Å². The molecule has 0 bridgehead atoms. The van der Waals surface area contributed by atoms with Crippen LogP contribution in [-0.2, 0) is 15.8 Å². The number of nitro groups is 1. The second-order valence-electron chi connectivity index (χ2n) is 8.40. The molecule has 1 aliphatic heterocycles. The van der Waals surface area contributed by atoms with Gasteiger partial charge in [-0.2, -0.15) is 13.2 Å². The molecule has 3 amide bonds. The third-order valence-electron chi connectivity index (χ3n) is 6.19. The molecule has 2 aromatic carbocycles. The van der Waals surface area contributed by atoms with Crippen molar-refractivity contribution in [1.29, 1.82) is 0 Å². The van der Waals surface area contributed by atoms with Gasteiger partial charge in [0, 0.05) is 24.7 Å². The molecule has 12 heteroatoms. The SMILES string of the molecule is O=C(Nc1ccccc1C(F)(F)F)c1ccc(NCCN2C(=O)[C@@H]3CC=CC[C@H]3C2=O)c([N+](=O)[O-])c1. The van der Waals surface area contributed by atoms with Gasteiger partial charge in [0.05, 0.1) is 28.0 Å². The minimum Gasteiger partial charge on any atom is -0.378 e. The molecule has 2 aliphatic rings. The Hall–Kier alpha value is -4.22. The average molecular weight is 502 g/mol. The zero-order chi connectivity index (χ0) is 26.0. The van der Waals surface area contributed by atoms with Crippen molar-refractivity contribution in [1.82, 2.24) is 4.90 Å². The first-order chi connectivity index (χ1) is 17.1. The standard InChI is InChI=1S/C24H21F3N4O5/c25-24(26,27)17-7-3-4-8-18(17)29-21(32)14-9-10-19(20(13-14)31(35)36)28-11-12-30-22(33)15-5-1-2-6-16(15)23(30)34/h1-4,7-10,13,15-16,28H,5-6,11-12H2,(H,29,32)/t15-,16-/m1/s1. The molecular weight excluding hydrogens is 481 g/mol. The topological polar surface area (TPSA) is 122 Å². The van der Waals surface area contributed by atoms with Crippen LogP contribution in [-0.4, -0.2) is 40.6 Å². The molecule has 9 nitrogen and oxygen atoms in total. The summed E-state index contributed by atoms with van der Waals surface area (Å²) in [4.78, 5) is 49.6. The Kier molecular flexibility index (Phi) is 6.77. The number of alkyl halides is 3. The van der Waals surface area contributed by atoms with Crippen LogP contribution in [0.3, 0.4) is 0 Å². The average Bonchev–Trinajstić information content (AvgIpc) is 3.08. The van der Waals surface area contributed by atoms with Gasteiger partial charge in [0.2, 0.25) is 11.8 Å². The van der Waals surface area contributed by atoms with Crippen molar-refractivity contribution in [2.24, 2.45) is 11.8 Å². The number of halogens is 3. The van der Waals surface area contributed by atoms with Gasteiger partial charge in [0.1, 0.15) is 5.69 Å². The lowest BCUT2D eigenvalue weighted by Crippen LogP contribution is -2.35. The summed E-state index contributed by atoms with van der Waals surface area (Å²) in [6.07, 6.45) is 0.0486. The predicted molar refractivity (Wildman–Crippen MR) is 123 cm³/mol. The number of amides is 3. The molecule has 188 valence electrons. The number of carbonyl (C=O) groups excluding carboxylic acids is 3. The number of allylic oxidation sites excluding steroid dienone is 2. The Labute approximate surface area is 203 Å². The van der Waals surface area contributed by atoms with Crippen LogP contribution in [0, 0.1) is 22.0 Å². The van der Waals surface area contributed by atoms with E-state index in [4.69, 9.17) is 0 Å². The van der Waals surface area contributed by atoms with Crippen molar-refractivity contribution in [3.63, 3.8) is 0 Å². The molecule has 0 unspecified atom stereocenters. The summed E-state index contributed by atoms with van der Waals surface area (Å²) in [6, 6.07) is 7.82. The number of benzene rings is 2. The van der Waals surface area contributed by atoms with E-state index in [0.29, 0.717) is 12.8 Å². The Morgan fingerprint density at radius 3 is 2.28 bits per heavy atom. The van der Waals surface area contributed by atoms with E-state index >= 15 is 0 Å². The van der Waals surface area contributed by atoms with E-state index in [0.717, 1.165) is 23.1 Å². The van der Waals surface area contributed by atoms with Crippen molar-refractivity contribution >= 4 is 34.8 Å². The normalized spacial score (nSPS) is 19.2. The quantitative estimate of drug-likeness (QED) is 0.253. The number of nitrogens with one attached hydrogen (secondary N) is 2. The number of carbonyl (C=O) groups is 3. The number of nitrogens with zero attached hydrogens (tertiary/aromatic N) is 2. The summed E-state index contributed by atoms with van der Waals surface area (Å²) < 4.78 is 39.6. The number of para-hydroxylation sites is 1. The first kappa shape index (κ1) is 24.9. The molecule has 1 saturated heterocycles. The van der Waals surface area contributed by atoms with Gasteiger partial charge in [-0.15, -0.1) is 0 Å². The lowest BCUT2D eigenvalue weighted by atomic mass is 9.85. The minimum atomic E-state index is -4.70.